The van der Waals surface area contributed by atoms with Gasteiger partial charge in [-0.2, -0.15) is 0 Å². The van der Waals surface area contributed by atoms with Crippen molar-refractivity contribution in [3.63, 3.8) is 0 Å². The van der Waals surface area contributed by atoms with Crippen LogP contribution in [0.15, 0.2) is 9.98 Å². The Morgan fingerprint density at radius 3 is 2.92 bits per heavy atom. The monoisotopic (exact) mass is 258 g/mol. The van der Waals surface area contributed by atoms with Crippen molar-refractivity contribution in [2.45, 2.75) is 25.8 Å². The second kappa shape index (κ2) is 4.12. The first-order chi connectivity index (χ1) is 6.09. The highest BCUT2D eigenvalue weighted by molar-refractivity contribution is 9.10. The number of hydrogen-bond donors (Lipinski definition) is 1. The quantitative estimate of drug-likeness (QED) is 0.843. The normalized spacial score (nSPS) is 14.6. The molecule has 0 aliphatic carbocycles. The van der Waals surface area contributed by atoms with E-state index in [1.54, 1.807) is 11.3 Å². The summed E-state index contributed by atoms with van der Waals surface area (Å²) in [7, 11) is 0. The Morgan fingerprint density at radius 1 is 1.85 bits per heavy atom. The van der Waals surface area contributed by atoms with Gasteiger partial charge in [-0.15, -0.1) is 17.8 Å². The van der Waals surface area contributed by atoms with Crippen LogP contribution in [0.5, 0.6) is 0 Å². The fraction of sp³-hybridized carbons (Fsp3) is 0.444. The molecule has 70 valence electrons. The first-order valence-corrected chi connectivity index (χ1v) is 5.64. The SMILES string of the molecule is C#CC(C)(CC)Nc1nc(Br)cs1. The Balaban J connectivity index is 2.74. The van der Waals surface area contributed by atoms with Gasteiger partial charge in [-0.1, -0.05) is 12.8 Å². The van der Waals surface area contributed by atoms with E-state index in [2.05, 4.69) is 39.1 Å². The van der Waals surface area contributed by atoms with E-state index in [0.29, 0.717) is 0 Å². The highest BCUT2D eigenvalue weighted by Crippen LogP contribution is 2.23. The fourth-order valence-corrected chi connectivity index (χ4v) is 2.05. The molecule has 0 amide bonds. The molecule has 0 aliphatic heterocycles. The molecule has 0 aromatic carbocycles. The number of thiazole rings is 1. The lowest BCUT2D eigenvalue weighted by atomic mass is 10.0. The number of anilines is 1. The van der Waals surface area contributed by atoms with Crippen LogP contribution in [0.3, 0.4) is 0 Å². The molecular formula is C9H11BrN2S. The first-order valence-electron chi connectivity index (χ1n) is 3.96. The second-order valence-electron chi connectivity index (χ2n) is 2.93. The van der Waals surface area contributed by atoms with Gasteiger partial charge in [-0.3, -0.25) is 0 Å². The van der Waals surface area contributed by atoms with Gasteiger partial charge in [0.1, 0.15) is 4.60 Å². The molecule has 2 nitrogen and oxygen atoms in total. The summed E-state index contributed by atoms with van der Waals surface area (Å²) in [6.07, 6.45) is 6.30. The van der Waals surface area contributed by atoms with Gasteiger partial charge in [0.25, 0.3) is 0 Å². The molecule has 4 heteroatoms. The van der Waals surface area contributed by atoms with Gasteiger partial charge in [-0.05, 0) is 29.3 Å². The molecule has 0 aliphatic rings. The molecule has 0 saturated carbocycles. The predicted molar refractivity (Wildman–Crippen MR) is 61.0 cm³/mol. The van der Waals surface area contributed by atoms with Crippen molar-refractivity contribution in [1.29, 1.82) is 0 Å². The third-order valence-corrected chi connectivity index (χ3v) is 3.35. The number of hydrogen-bond acceptors (Lipinski definition) is 3. The topological polar surface area (TPSA) is 24.9 Å². The van der Waals surface area contributed by atoms with Gasteiger partial charge in [0, 0.05) is 5.38 Å². The minimum Gasteiger partial charge on any atom is -0.345 e. The minimum atomic E-state index is -0.294. The van der Waals surface area contributed by atoms with Crippen molar-refractivity contribution in [1.82, 2.24) is 4.98 Å². The van der Waals surface area contributed by atoms with Crippen LogP contribution in [-0.4, -0.2) is 10.5 Å². The zero-order chi connectivity index (χ0) is 9.90. The molecule has 1 unspecified atom stereocenters. The summed E-state index contributed by atoms with van der Waals surface area (Å²) in [6.45, 7) is 4.04. The Hall–Kier alpha value is -0.530. The molecule has 0 saturated heterocycles. The average molecular weight is 259 g/mol. The molecule has 0 fully saturated rings. The van der Waals surface area contributed by atoms with Gasteiger partial charge in [0.15, 0.2) is 5.13 Å². The number of halogens is 1. The molecule has 0 bridgehead atoms. The van der Waals surface area contributed by atoms with E-state index in [4.69, 9.17) is 6.42 Å². The predicted octanol–water partition coefficient (Wildman–Crippen LogP) is 3.12. The third-order valence-electron chi connectivity index (χ3n) is 1.88. The smallest absolute Gasteiger partial charge is 0.184 e. The molecule has 1 N–H and O–H groups in total. The van der Waals surface area contributed by atoms with Crippen molar-refractivity contribution >= 4 is 32.4 Å². The molecule has 0 radical (unpaired) electrons. The molecule has 1 atom stereocenters. The molecule has 1 heterocycles. The highest BCUT2D eigenvalue weighted by Gasteiger charge is 2.19. The number of aromatic nitrogens is 1. The largest absolute Gasteiger partial charge is 0.345 e. The van der Waals surface area contributed by atoms with Crippen LogP contribution < -0.4 is 5.32 Å². The number of terminal acetylenes is 1. The Kier molecular flexibility index (Phi) is 3.34. The summed E-state index contributed by atoms with van der Waals surface area (Å²) >= 11 is 4.83. The van der Waals surface area contributed by atoms with E-state index < -0.39 is 0 Å². The van der Waals surface area contributed by atoms with Crippen LogP contribution >= 0.6 is 27.3 Å². The second-order valence-corrected chi connectivity index (χ2v) is 4.60. The third kappa shape index (κ3) is 2.71. The molecule has 1 aromatic rings. The lowest BCUT2D eigenvalue weighted by Gasteiger charge is -2.22. The summed E-state index contributed by atoms with van der Waals surface area (Å²) in [5, 5.41) is 6.00. The Labute approximate surface area is 90.9 Å². The van der Waals surface area contributed by atoms with E-state index in [1.807, 2.05) is 12.3 Å². The van der Waals surface area contributed by atoms with E-state index in [0.717, 1.165) is 16.2 Å². The lowest BCUT2D eigenvalue weighted by molar-refractivity contribution is 0.634. The standard InChI is InChI=1S/C9H11BrN2S/c1-4-9(3,5-2)12-8-11-7(10)6-13-8/h1,6H,5H2,2-3H3,(H,11,12). The van der Waals surface area contributed by atoms with Crippen LogP contribution in [0.25, 0.3) is 0 Å². The molecule has 13 heavy (non-hydrogen) atoms. The van der Waals surface area contributed by atoms with Crippen molar-refractivity contribution in [2.24, 2.45) is 0 Å². The Bertz CT molecular complexity index is 329. The average Bonchev–Trinajstić information content (AvgIpc) is 2.51. The van der Waals surface area contributed by atoms with Gasteiger partial charge in [0.05, 0.1) is 5.54 Å². The van der Waals surface area contributed by atoms with E-state index in [1.165, 1.54) is 0 Å². The van der Waals surface area contributed by atoms with Crippen molar-refractivity contribution < 1.29 is 0 Å². The van der Waals surface area contributed by atoms with Gasteiger partial charge in [0.2, 0.25) is 0 Å². The van der Waals surface area contributed by atoms with Crippen molar-refractivity contribution in [3.05, 3.63) is 9.98 Å². The van der Waals surface area contributed by atoms with Crippen molar-refractivity contribution in [2.75, 3.05) is 5.32 Å². The fourth-order valence-electron chi connectivity index (χ4n) is 0.774. The number of rotatable bonds is 3. The lowest BCUT2D eigenvalue weighted by Crippen LogP contribution is -2.31. The molecular weight excluding hydrogens is 248 g/mol. The Morgan fingerprint density at radius 2 is 2.54 bits per heavy atom. The number of nitrogens with zero attached hydrogens (tertiary/aromatic N) is 1. The van der Waals surface area contributed by atoms with Crippen LogP contribution in [0, 0.1) is 12.3 Å². The van der Waals surface area contributed by atoms with Crippen LogP contribution in [-0.2, 0) is 0 Å². The summed E-state index contributed by atoms with van der Waals surface area (Å²) in [6, 6.07) is 0. The summed E-state index contributed by atoms with van der Waals surface area (Å²) < 4.78 is 0.843. The zero-order valence-corrected chi connectivity index (χ0v) is 10.00. The summed E-state index contributed by atoms with van der Waals surface area (Å²) in [5.41, 5.74) is -0.294. The summed E-state index contributed by atoms with van der Waals surface area (Å²) in [5.74, 6) is 2.73. The number of nitrogens with one attached hydrogen (secondary N) is 1. The van der Waals surface area contributed by atoms with Crippen LogP contribution in [0.4, 0.5) is 5.13 Å². The van der Waals surface area contributed by atoms with Gasteiger partial charge >= 0.3 is 0 Å². The maximum absolute atomic E-state index is 5.42. The van der Waals surface area contributed by atoms with Crippen LogP contribution in [0.2, 0.25) is 0 Å². The zero-order valence-electron chi connectivity index (χ0n) is 7.60. The van der Waals surface area contributed by atoms with Crippen LogP contribution in [0.1, 0.15) is 20.3 Å². The molecule has 0 spiro atoms. The minimum absolute atomic E-state index is 0.294. The van der Waals surface area contributed by atoms with E-state index in [-0.39, 0.29) is 5.54 Å². The summed E-state index contributed by atoms with van der Waals surface area (Å²) in [4.78, 5) is 4.22. The van der Waals surface area contributed by atoms with Crippen molar-refractivity contribution in [3.8, 4) is 12.3 Å². The first kappa shape index (κ1) is 10.6. The molecule has 1 aromatic heterocycles. The maximum atomic E-state index is 5.42. The van der Waals surface area contributed by atoms with Gasteiger partial charge in [-0.25, -0.2) is 4.98 Å². The van der Waals surface area contributed by atoms with E-state index >= 15 is 0 Å². The maximum Gasteiger partial charge on any atom is 0.184 e. The highest BCUT2D eigenvalue weighted by atomic mass is 79.9. The molecule has 1 rings (SSSR count). The van der Waals surface area contributed by atoms with Gasteiger partial charge < -0.3 is 5.32 Å². The van der Waals surface area contributed by atoms with E-state index in [9.17, 15) is 0 Å².